The van der Waals surface area contributed by atoms with Crippen molar-refractivity contribution in [2.45, 2.75) is 18.9 Å². The molecule has 1 aromatic rings. The molecule has 1 N–H and O–H groups in total. The third kappa shape index (κ3) is 1.81. The van der Waals surface area contributed by atoms with Gasteiger partial charge in [0.2, 0.25) is 0 Å². The van der Waals surface area contributed by atoms with Gasteiger partial charge in [0.25, 0.3) is 0 Å². The van der Waals surface area contributed by atoms with Gasteiger partial charge in [-0.25, -0.2) is 0 Å². The Morgan fingerprint density at radius 3 is 2.36 bits per heavy atom. The van der Waals surface area contributed by atoms with Gasteiger partial charge >= 0.3 is 0 Å². The molecule has 0 heterocycles. The van der Waals surface area contributed by atoms with Crippen molar-refractivity contribution in [2.75, 3.05) is 0 Å². The fraction of sp³-hybridized carbons (Fsp3) is 0.300. The molecule has 0 fully saturated rings. The van der Waals surface area contributed by atoms with Crippen LogP contribution in [0.1, 0.15) is 18.9 Å². The van der Waals surface area contributed by atoms with Crippen LogP contribution in [-0.2, 0) is 5.60 Å². The normalized spacial score (nSPS) is 15.9. The molecule has 11 heavy (non-hydrogen) atoms. The zero-order valence-corrected chi connectivity index (χ0v) is 6.75. The van der Waals surface area contributed by atoms with Gasteiger partial charge in [0, 0.05) is 0 Å². The fourth-order valence-corrected chi connectivity index (χ4v) is 0.953. The maximum atomic E-state index is 9.68. The number of rotatable bonds is 2. The first-order chi connectivity index (χ1) is 5.17. The minimum absolute atomic E-state index is 0.636. The summed E-state index contributed by atoms with van der Waals surface area (Å²) in [6.45, 7) is 5.63. The standard InChI is InChI=1S/C10H13O/c1-3-10(2,11)9-7-5-4-6-8-9/h4-8,11H,2-3H2,1H3. The predicted octanol–water partition coefficient (Wildman–Crippen LogP) is 2.12. The topological polar surface area (TPSA) is 20.2 Å². The van der Waals surface area contributed by atoms with E-state index in [4.69, 9.17) is 0 Å². The summed E-state index contributed by atoms with van der Waals surface area (Å²) in [6, 6.07) is 9.50. The Balaban J connectivity index is 2.93. The summed E-state index contributed by atoms with van der Waals surface area (Å²) in [6.07, 6.45) is 0.636. The van der Waals surface area contributed by atoms with Gasteiger partial charge in [0.15, 0.2) is 0 Å². The van der Waals surface area contributed by atoms with Gasteiger partial charge in [0.1, 0.15) is 0 Å². The molecular formula is C10H13O. The molecule has 1 radical (unpaired) electrons. The quantitative estimate of drug-likeness (QED) is 0.682. The molecule has 0 amide bonds. The molecule has 0 aliphatic rings. The van der Waals surface area contributed by atoms with Crippen LogP contribution < -0.4 is 0 Å². The minimum Gasteiger partial charge on any atom is -0.385 e. The molecule has 1 rings (SSSR count). The lowest BCUT2D eigenvalue weighted by Gasteiger charge is -2.21. The second-order valence-corrected chi connectivity index (χ2v) is 2.75. The van der Waals surface area contributed by atoms with Crippen molar-refractivity contribution in [3.63, 3.8) is 0 Å². The predicted molar refractivity (Wildman–Crippen MR) is 46.0 cm³/mol. The van der Waals surface area contributed by atoms with E-state index < -0.39 is 5.60 Å². The second kappa shape index (κ2) is 3.05. The molecule has 0 bridgehead atoms. The molecule has 1 aromatic carbocycles. The van der Waals surface area contributed by atoms with Crippen LogP contribution in [-0.4, -0.2) is 5.11 Å². The van der Waals surface area contributed by atoms with E-state index in [9.17, 15) is 5.11 Å². The molecule has 0 aromatic heterocycles. The Bertz CT molecular complexity index is 214. The number of benzene rings is 1. The van der Waals surface area contributed by atoms with Crippen LogP contribution in [0.25, 0.3) is 0 Å². The summed E-state index contributed by atoms with van der Waals surface area (Å²) >= 11 is 0. The molecule has 0 aliphatic carbocycles. The van der Waals surface area contributed by atoms with Crippen LogP contribution >= 0.6 is 0 Å². The van der Waals surface area contributed by atoms with Gasteiger partial charge in [0.05, 0.1) is 5.60 Å². The summed E-state index contributed by atoms with van der Waals surface area (Å²) in [7, 11) is 0. The Labute approximate surface area is 67.7 Å². The second-order valence-electron chi connectivity index (χ2n) is 2.75. The van der Waals surface area contributed by atoms with Crippen LogP contribution in [0.5, 0.6) is 0 Å². The van der Waals surface area contributed by atoms with E-state index in [0.29, 0.717) is 6.42 Å². The molecule has 1 unspecified atom stereocenters. The van der Waals surface area contributed by atoms with Crippen LogP contribution in [0, 0.1) is 6.92 Å². The lowest BCUT2D eigenvalue weighted by Crippen LogP contribution is -2.19. The largest absolute Gasteiger partial charge is 0.385 e. The Morgan fingerprint density at radius 2 is 1.91 bits per heavy atom. The highest BCUT2D eigenvalue weighted by Gasteiger charge is 2.19. The highest BCUT2D eigenvalue weighted by molar-refractivity contribution is 5.22. The van der Waals surface area contributed by atoms with Gasteiger partial charge in [-0.05, 0) is 18.9 Å². The lowest BCUT2D eigenvalue weighted by molar-refractivity contribution is 0.0820. The van der Waals surface area contributed by atoms with Crippen molar-refractivity contribution in [1.29, 1.82) is 0 Å². The van der Waals surface area contributed by atoms with Crippen LogP contribution in [0.3, 0.4) is 0 Å². The van der Waals surface area contributed by atoms with Crippen molar-refractivity contribution in [3.8, 4) is 0 Å². The van der Waals surface area contributed by atoms with Gasteiger partial charge in [-0.1, -0.05) is 37.3 Å². The van der Waals surface area contributed by atoms with Gasteiger partial charge in [-0.15, -0.1) is 0 Å². The van der Waals surface area contributed by atoms with Gasteiger partial charge in [-0.3, -0.25) is 0 Å². The zero-order valence-electron chi connectivity index (χ0n) is 6.75. The summed E-state index contributed by atoms with van der Waals surface area (Å²) in [4.78, 5) is 0. The molecule has 0 aliphatic heterocycles. The third-order valence-electron chi connectivity index (χ3n) is 1.90. The molecule has 0 saturated carbocycles. The minimum atomic E-state index is -0.915. The maximum Gasteiger partial charge on any atom is 0.0895 e. The lowest BCUT2D eigenvalue weighted by atomic mass is 9.94. The first-order valence-corrected chi connectivity index (χ1v) is 3.80. The molecule has 1 atom stereocenters. The van der Waals surface area contributed by atoms with Crippen LogP contribution in [0.4, 0.5) is 0 Å². The fourth-order valence-electron chi connectivity index (χ4n) is 0.953. The highest BCUT2D eigenvalue weighted by atomic mass is 16.3. The van der Waals surface area contributed by atoms with E-state index >= 15 is 0 Å². The number of hydrogen-bond acceptors (Lipinski definition) is 1. The Morgan fingerprint density at radius 1 is 1.36 bits per heavy atom. The summed E-state index contributed by atoms with van der Waals surface area (Å²) in [5, 5.41) is 9.68. The molecule has 1 heteroatoms. The zero-order chi connectivity index (χ0) is 8.32. The smallest absolute Gasteiger partial charge is 0.0895 e. The van der Waals surface area contributed by atoms with Gasteiger partial charge in [-0.2, -0.15) is 0 Å². The summed E-state index contributed by atoms with van der Waals surface area (Å²) in [5.74, 6) is 0. The van der Waals surface area contributed by atoms with Crippen molar-refractivity contribution < 1.29 is 5.11 Å². The summed E-state index contributed by atoms with van der Waals surface area (Å²) in [5.41, 5.74) is -0.0381. The maximum absolute atomic E-state index is 9.68. The average molecular weight is 149 g/mol. The van der Waals surface area contributed by atoms with Crippen molar-refractivity contribution in [1.82, 2.24) is 0 Å². The van der Waals surface area contributed by atoms with Crippen molar-refractivity contribution >= 4 is 0 Å². The van der Waals surface area contributed by atoms with E-state index in [1.165, 1.54) is 0 Å². The van der Waals surface area contributed by atoms with E-state index in [-0.39, 0.29) is 0 Å². The SMILES string of the molecule is [CH2]C(O)(CC)c1ccccc1. The monoisotopic (exact) mass is 149 g/mol. The van der Waals surface area contributed by atoms with Crippen LogP contribution in [0.15, 0.2) is 30.3 Å². The average Bonchev–Trinajstić information content (AvgIpc) is 2.06. The molecule has 0 saturated heterocycles. The molecule has 59 valence electrons. The summed E-state index contributed by atoms with van der Waals surface area (Å²) < 4.78 is 0. The first kappa shape index (κ1) is 8.28. The van der Waals surface area contributed by atoms with E-state index in [2.05, 4.69) is 6.92 Å². The van der Waals surface area contributed by atoms with E-state index in [0.717, 1.165) is 5.56 Å². The van der Waals surface area contributed by atoms with Crippen molar-refractivity contribution in [2.24, 2.45) is 0 Å². The first-order valence-electron chi connectivity index (χ1n) is 3.80. The third-order valence-corrected chi connectivity index (χ3v) is 1.90. The van der Waals surface area contributed by atoms with E-state index in [1.807, 2.05) is 37.3 Å². The molecule has 1 nitrogen and oxygen atoms in total. The Kier molecular flexibility index (Phi) is 2.30. The number of hydrogen-bond donors (Lipinski definition) is 1. The van der Waals surface area contributed by atoms with E-state index in [1.54, 1.807) is 0 Å². The number of aliphatic hydroxyl groups is 1. The molecule has 0 spiro atoms. The highest BCUT2D eigenvalue weighted by Crippen LogP contribution is 2.22. The van der Waals surface area contributed by atoms with Gasteiger partial charge < -0.3 is 5.11 Å². The van der Waals surface area contributed by atoms with Crippen LogP contribution in [0.2, 0.25) is 0 Å². The van der Waals surface area contributed by atoms with Crippen molar-refractivity contribution in [3.05, 3.63) is 42.8 Å². The molecular weight excluding hydrogens is 136 g/mol. The Hall–Kier alpha value is -0.820.